The van der Waals surface area contributed by atoms with Gasteiger partial charge in [-0.25, -0.2) is 0 Å². The Balaban J connectivity index is 2.21. The van der Waals surface area contributed by atoms with Crippen LogP contribution in [0.4, 0.5) is 0 Å². The second-order valence-electron chi connectivity index (χ2n) is 2.64. The van der Waals surface area contributed by atoms with Crippen molar-refractivity contribution in [3.05, 3.63) is 48.5 Å². The average molecular weight is 160 g/mol. The molecule has 2 nitrogen and oxygen atoms in total. The van der Waals surface area contributed by atoms with Crippen molar-refractivity contribution in [2.24, 2.45) is 5.92 Å². The summed E-state index contributed by atoms with van der Waals surface area (Å²) in [5.74, 6) is 0.317. The molecule has 0 unspecified atom stereocenters. The highest BCUT2D eigenvalue weighted by molar-refractivity contribution is 5.98. The number of rotatable bonds is 2. The molecule has 1 aliphatic carbocycles. The van der Waals surface area contributed by atoms with Gasteiger partial charge in [-0.1, -0.05) is 24.3 Å². The Bertz CT molecular complexity index is 319. The van der Waals surface area contributed by atoms with Gasteiger partial charge in [-0.15, -0.1) is 0 Å². The van der Waals surface area contributed by atoms with Crippen LogP contribution < -0.4 is 0 Å². The third-order valence-corrected chi connectivity index (χ3v) is 1.81. The van der Waals surface area contributed by atoms with E-state index >= 15 is 0 Å². The number of carbonyl (C=O) groups is 1. The fourth-order valence-corrected chi connectivity index (χ4v) is 1.19. The van der Waals surface area contributed by atoms with E-state index in [2.05, 4.69) is 0 Å². The van der Waals surface area contributed by atoms with E-state index in [0.29, 0.717) is 5.76 Å². The van der Waals surface area contributed by atoms with Gasteiger partial charge in [-0.3, -0.25) is 4.79 Å². The maximum absolute atomic E-state index is 11.5. The van der Waals surface area contributed by atoms with E-state index in [9.17, 15) is 4.79 Å². The fraction of sp³-hybridized carbons (Fsp3) is 0.100. The van der Waals surface area contributed by atoms with Gasteiger partial charge in [0.25, 0.3) is 0 Å². The fourth-order valence-electron chi connectivity index (χ4n) is 1.19. The number of carbonyl (C=O) groups excluding carboxylic acids is 1. The number of hydrogen-bond acceptors (Lipinski definition) is 2. The molecular weight excluding hydrogens is 152 g/mol. The van der Waals surface area contributed by atoms with Crippen molar-refractivity contribution in [2.75, 3.05) is 0 Å². The molecule has 0 aliphatic heterocycles. The van der Waals surface area contributed by atoms with Crippen molar-refractivity contribution in [1.82, 2.24) is 0 Å². The summed E-state index contributed by atoms with van der Waals surface area (Å²) in [6.07, 6.45) is 8.95. The minimum Gasteiger partial charge on any atom is -0.461 e. The van der Waals surface area contributed by atoms with Gasteiger partial charge in [0.1, 0.15) is 0 Å². The summed E-state index contributed by atoms with van der Waals surface area (Å²) in [6.45, 7) is 0. The molecule has 2 heteroatoms. The van der Waals surface area contributed by atoms with E-state index in [1.807, 2.05) is 24.3 Å². The van der Waals surface area contributed by atoms with Gasteiger partial charge in [0, 0.05) is 0 Å². The molecule has 0 N–H and O–H groups in total. The number of Topliss-reactive ketones (excluding diaryl/α,β-unsaturated/α-hetero) is 1. The topological polar surface area (TPSA) is 30.2 Å². The molecule has 0 amide bonds. The summed E-state index contributed by atoms with van der Waals surface area (Å²) in [5.41, 5.74) is 0. The Hall–Kier alpha value is -1.57. The lowest BCUT2D eigenvalue weighted by Crippen LogP contribution is -2.07. The minimum atomic E-state index is -0.129. The van der Waals surface area contributed by atoms with Gasteiger partial charge in [-0.2, -0.15) is 0 Å². The van der Waals surface area contributed by atoms with Gasteiger partial charge in [0.15, 0.2) is 5.76 Å². The quantitative estimate of drug-likeness (QED) is 0.621. The molecule has 0 radical (unpaired) electrons. The lowest BCUT2D eigenvalue weighted by molar-refractivity contribution is 0.0938. The summed E-state index contributed by atoms with van der Waals surface area (Å²) in [5, 5.41) is 0. The van der Waals surface area contributed by atoms with Crippen molar-refractivity contribution in [1.29, 1.82) is 0 Å². The number of ketones is 1. The van der Waals surface area contributed by atoms with E-state index in [1.165, 1.54) is 6.26 Å². The van der Waals surface area contributed by atoms with Crippen molar-refractivity contribution in [3.8, 4) is 0 Å². The molecule has 2 rings (SSSR count). The number of hydrogen-bond donors (Lipinski definition) is 0. The Morgan fingerprint density at radius 1 is 1.33 bits per heavy atom. The predicted octanol–water partition coefficient (Wildman–Crippen LogP) is 2.20. The summed E-state index contributed by atoms with van der Waals surface area (Å²) < 4.78 is 4.99. The molecule has 0 fully saturated rings. The molecule has 0 saturated carbocycles. The zero-order valence-electron chi connectivity index (χ0n) is 6.44. The highest BCUT2D eigenvalue weighted by Gasteiger charge is 2.18. The third kappa shape index (κ3) is 1.11. The van der Waals surface area contributed by atoms with Crippen molar-refractivity contribution in [3.63, 3.8) is 0 Å². The van der Waals surface area contributed by atoms with E-state index in [1.54, 1.807) is 12.1 Å². The Kier molecular flexibility index (Phi) is 1.67. The normalized spacial score (nSPS) is 15.7. The monoisotopic (exact) mass is 160 g/mol. The SMILES string of the molecule is O=C(c1ccco1)C1C=CC=C1. The van der Waals surface area contributed by atoms with Crippen LogP contribution in [0, 0.1) is 5.92 Å². The van der Waals surface area contributed by atoms with E-state index in [-0.39, 0.29) is 11.7 Å². The van der Waals surface area contributed by atoms with Gasteiger partial charge >= 0.3 is 0 Å². The summed E-state index contributed by atoms with van der Waals surface area (Å²) in [6, 6.07) is 3.40. The van der Waals surface area contributed by atoms with Gasteiger partial charge in [0.05, 0.1) is 12.2 Å². The molecule has 0 bridgehead atoms. The van der Waals surface area contributed by atoms with Crippen LogP contribution in [0.3, 0.4) is 0 Å². The van der Waals surface area contributed by atoms with Crippen LogP contribution in [0.1, 0.15) is 10.6 Å². The van der Waals surface area contributed by atoms with E-state index in [0.717, 1.165) is 0 Å². The predicted molar refractivity (Wildman–Crippen MR) is 44.8 cm³/mol. The van der Waals surface area contributed by atoms with Crippen molar-refractivity contribution in [2.45, 2.75) is 0 Å². The van der Waals surface area contributed by atoms with Crippen molar-refractivity contribution < 1.29 is 9.21 Å². The molecule has 1 aromatic rings. The maximum Gasteiger partial charge on any atom is 0.208 e. The van der Waals surface area contributed by atoms with Crippen molar-refractivity contribution >= 4 is 5.78 Å². The lowest BCUT2D eigenvalue weighted by Gasteiger charge is -1.99. The largest absolute Gasteiger partial charge is 0.461 e. The molecule has 0 atom stereocenters. The van der Waals surface area contributed by atoms with Gasteiger partial charge in [-0.05, 0) is 12.1 Å². The molecule has 12 heavy (non-hydrogen) atoms. The van der Waals surface area contributed by atoms with Gasteiger partial charge in [0.2, 0.25) is 5.78 Å². The van der Waals surface area contributed by atoms with E-state index in [4.69, 9.17) is 4.42 Å². The highest BCUT2D eigenvalue weighted by atomic mass is 16.3. The lowest BCUT2D eigenvalue weighted by atomic mass is 10.1. The first-order valence-electron chi connectivity index (χ1n) is 3.80. The third-order valence-electron chi connectivity index (χ3n) is 1.81. The number of furan rings is 1. The highest BCUT2D eigenvalue weighted by Crippen LogP contribution is 2.15. The molecule has 0 spiro atoms. The summed E-state index contributed by atoms with van der Waals surface area (Å²) in [7, 11) is 0. The van der Waals surface area contributed by atoms with Crippen LogP contribution in [0.25, 0.3) is 0 Å². The Labute approximate surface area is 70.2 Å². The summed E-state index contributed by atoms with van der Waals surface area (Å²) >= 11 is 0. The Morgan fingerprint density at radius 2 is 2.08 bits per heavy atom. The van der Waals surface area contributed by atoms with Crippen LogP contribution in [-0.2, 0) is 0 Å². The van der Waals surface area contributed by atoms with Crippen LogP contribution in [0.15, 0.2) is 47.1 Å². The van der Waals surface area contributed by atoms with Crippen LogP contribution in [-0.4, -0.2) is 5.78 Å². The zero-order valence-corrected chi connectivity index (χ0v) is 6.44. The first-order valence-corrected chi connectivity index (χ1v) is 3.80. The van der Waals surface area contributed by atoms with Gasteiger partial charge < -0.3 is 4.42 Å². The zero-order chi connectivity index (χ0) is 8.39. The second kappa shape index (κ2) is 2.81. The second-order valence-corrected chi connectivity index (χ2v) is 2.64. The molecule has 0 saturated heterocycles. The maximum atomic E-state index is 11.5. The summed E-state index contributed by atoms with van der Waals surface area (Å²) in [4.78, 5) is 11.5. The van der Waals surface area contributed by atoms with Crippen LogP contribution in [0.2, 0.25) is 0 Å². The molecule has 1 heterocycles. The Morgan fingerprint density at radius 3 is 2.67 bits per heavy atom. The molecule has 60 valence electrons. The first kappa shape index (κ1) is 7.10. The molecule has 1 aliphatic rings. The standard InChI is InChI=1S/C10H8O2/c11-10(8-4-1-2-5-8)9-6-3-7-12-9/h1-8H. The van der Waals surface area contributed by atoms with E-state index < -0.39 is 0 Å². The smallest absolute Gasteiger partial charge is 0.208 e. The molecule has 1 aromatic heterocycles. The van der Waals surface area contributed by atoms with Crippen LogP contribution in [0.5, 0.6) is 0 Å². The number of allylic oxidation sites excluding steroid dienone is 4. The minimum absolute atomic E-state index is 0.0185. The first-order chi connectivity index (χ1) is 5.88. The van der Waals surface area contributed by atoms with Crippen LogP contribution >= 0.6 is 0 Å². The average Bonchev–Trinajstić information content (AvgIpc) is 2.77. The molecule has 0 aromatic carbocycles. The molecular formula is C10H8O2.